The molecule has 2 N–H and O–H groups in total. The maximum atomic E-state index is 13.5. The molecule has 1 heterocycles. The van der Waals surface area contributed by atoms with Crippen molar-refractivity contribution in [3.05, 3.63) is 95.3 Å². The quantitative estimate of drug-likeness (QED) is 0.232. The molecule has 1 aliphatic rings. The van der Waals surface area contributed by atoms with E-state index in [1.807, 2.05) is 6.92 Å². The fourth-order valence-corrected chi connectivity index (χ4v) is 5.91. The Balaban J connectivity index is 1.32. The van der Waals surface area contributed by atoms with Crippen LogP contribution in [0.5, 0.6) is 0 Å². The smallest absolute Gasteiger partial charge is 0.416 e. The Morgan fingerprint density at radius 1 is 0.929 bits per heavy atom. The van der Waals surface area contributed by atoms with Crippen molar-refractivity contribution >= 4 is 11.9 Å². The number of carboxylic acid groups (broad SMARTS) is 1. The van der Waals surface area contributed by atoms with Crippen LogP contribution in [-0.4, -0.2) is 47.6 Å². The van der Waals surface area contributed by atoms with E-state index in [0.717, 1.165) is 56.6 Å². The number of benzene rings is 3. The average molecular weight is 585 g/mol. The molecule has 224 valence electrons. The summed E-state index contributed by atoms with van der Waals surface area (Å²) < 4.78 is 52.5. The Hall–Kier alpha value is -3.72. The fraction of sp³-hybridized carbons (Fsp3) is 0.394. The minimum absolute atomic E-state index is 0.0167. The van der Waals surface area contributed by atoms with Crippen LogP contribution in [0.3, 0.4) is 0 Å². The Kier molecular flexibility index (Phi) is 10.0. The molecule has 3 aromatic rings. The third kappa shape index (κ3) is 7.76. The van der Waals surface area contributed by atoms with Crippen LogP contribution in [0.4, 0.5) is 17.6 Å². The SMILES string of the molecule is CCC(CCCN1CCC(NC(=O)c2ccccc2-c2ccc(C(F)(F)F)cc2)CC1)(CC(=O)O)c1ccc(F)cc1. The lowest BCUT2D eigenvalue weighted by Crippen LogP contribution is -2.45. The normalized spacial score (nSPS) is 16.1. The van der Waals surface area contributed by atoms with Crippen LogP contribution in [0.15, 0.2) is 72.8 Å². The lowest BCUT2D eigenvalue weighted by Gasteiger charge is -2.35. The number of rotatable bonds is 11. The van der Waals surface area contributed by atoms with Gasteiger partial charge in [0.15, 0.2) is 0 Å². The van der Waals surface area contributed by atoms with E-state index in [0.29, 0.717) is 29.5 Å². The van der Waals surface area contributed by atoms with Gasteiger partial charge < -0.3 is 15.3 Å². The van der Waals surface area contributed by atoms with E-state index >= 15 is 0 Å². The highest BCUT2D eigenvalue weighted by atomic mass is 19.4. The first-order valence-electron chi connectivity index (χ1n) is 14.3. The predicted octanol–water partition coefficient (Wildman–Crippen LogP) is 7.31. The summed E-state index contributed by atoms with van der Waals surface area (Å²) in [5, 5.41) is 12.7. The Morgan fingerprint density at radius 3 is 2.14 bits per heavy atom. The van der Waals surface area contributed by atoms with Gasteiger partial charge in [-0.3, -0.25) is 9.59 Å². The second-order valence-corrected chi connectivity index (χ2v) is 11.0. The van der Waals surface area contributed by atoms with Crippen molar-refractivity contribution in [2.75, 3.05) is 19.6 Å². The van der Waals surface area contributed by atoms with Crippen LogP contribution in [0.25, 0.3) is 11.1 Å². The van der Waals surface area contributed by atoms with Gasteiger partial charge >= 0.3 is 12.1 Å². The maximum Gasteiger partial charge on any atom is 0.416 e. The zero-order valence-corrected chi connectivity index (χ0v) is 23.6. The maximum absolute atomic E-state index is 13.5. The van der Waals surface area contributed by atoms with E-state index in [1.165, 1.54) is 24.3 Å². The number of halogens is 4. The molecule has 42 heavy (non-hydrogen) atoms. The number of hydrogen-bond donors (Lipinski definition) is 2. The molecule has 0 saturated carbocycles. The molecule has 1 unspecified atom stereocenters. The van der Waals surface area contributed by atoms with Gasteiger partial charge in [-0.1, -0.05) is 49.4 Å². The standard InChI is InChI=1S/C33H36F4N2O3/c1-2-32(22-30(40)41,24-12-14-26(34)15-13-24)18-5-19-39-20-16-27(17-21-39)38-31(42)29-7-4-3-6-28(29)23-8-10-25(11-9-23)33(35,36)37/h3-4,6-15,27H,2,5,16-22H2,1H3,(H,38,42)(H,40,41). The first kappa shape index (κ1) is 31.2. The number of piperidine rings is 1. The van der Waals surface area contributed by atoms with Gasteiger partial charge in [0.2, 0.25) is 0 Å². The third-order valence-corrected chi connectivity index (χ3v) is 8.37. The molecule has 4 rings (SSSR count). The molecule has 0 radical (unpaired) electrons. The molecule has 3 aromatic carbocycles. The minimum atomic E-state index is -4.43. The van der Waals surface area contributed by atoms with E-state index in [-0.39, 0.29) is 24.2 Å². The number of hydrogen-bond acceptors (Lipinski definition) is 3. The molecule has 0 spiro atoms. The number of amides is 1. The van der Waals surface area contributed by atoms with E-state index in [9.17, 15) is 32.3 Å². The molecular weight excluding hydrogens is 548 g/mol. The van der Waals surface area contributed by atoms with Gasteiger partial charge in [0.1, 0.15) is 5.82 Å². The number of carbonyl (C=O) groups excluding carboxylic acids is 1. The van der Waals surface area contributed by atoms with Crippen molar-refractivity contribution in [3.63, 3.8) is 0 Å². The zero-order chi connectivity index (χ0) is 30.3. The van der Waals surface area contributed by atoms with Crippen LogP contribution >= 0.6 is 0 Å². The van der Waals surface area contributed by atoms with Gasteiger partial charge in [-0.05, 0) is 85.7 Å². The Labute approximate surface area is 243 Å². The molecule has 1 fully saturated rings. The highest BCUT2D eigenvalue weighted by molar-refractivity contribution is 6.01. The topological polar surface area (TPSA) is 69.6 Å². The molecule has 0 aromatic heterocycles. The van der Waals surface area contributed by atoms with E-state index in [2.05, 4.69) is 10.2 Å². The largest absolute Gasteiger partial charge is 0.481 e. The van der Waals surface area contributed by atoms with Crippen molar-refractivity contribution in [1.82, 2.24) is 10.2 Å². The van der Waals surface area contributed by atoms with Crippen molar-refractivity contribution in [3.8, 4) is 11.1 Å². The van der Waals surface area contributed by atoms with Gasteiger partial charge in [-0.15, -0.1) is 0 Å². The van der Waals surface area contributed by atoms with Gasteiger partial charge in [0.25, 0.3) is 5.91 Å². The monoisotopic (exact) mass is 584 g/mol. The van der Waals surface area contributed by atoms with Crippen LogP contribution in [0.1, 0.15) is 66.9 Å². The van der Waals surface area contributed by atoms with E-state index < -0.39 is 23.1 Å². The van der Waals surface area contributed by atoms with Gasteiger partial charge in [-0.25, -0.2) is 4.39 Å². The summed E-state index contributed by atoms with van der Waals surface area (Å²) >= 11 is 0. The summed E-state index contributed by atoms with van der Waals surface area (Å²) in [6.45, 7) is 4.32. The van der Waals surface area contributed by atoms with Gasteiger partial charge in [0.05, 0.1) is 12.0 Å². The summed E-state index contributed by atoms with van der Waals surface area (Å²) in [6, 6.07) is 17.8. The molecule has 0 aliphatic carbocycles. The Bertz CT molecular complexity index is 1350. The van der Waals surface area contributed by atoms with E-state index in [4.69, 9.17) is 0 Å². The van der Waals surface area contributed by atoms with Crippen LogP contribution < -0.4 is 5.32 Å². The molecular formula is C33H36F4N2O3. The molecule has 0 bridgehead atoms. The number of nitrogens with zero attached hydrogens (tertiary/aromatic N) is 1. The third-order valence-electron chi connectivity index (χ3n) is 8.37. The highest BCUT2D eigenvalue weighted by Crippen LogP contribution is 2.37. The second kappa shape index (κ2) is 13.5. The van der Waals surface area contributed by atoms with Crippen LogP contribution in [0, 0.1) is 5.82 Å². The first-order chi connectivity index (χ1) is 20.0. The summed E-state index contributed by atoms with van der Waals surface area (Å²) in [7, 11) is 0. The molecule has 1 atom stereocenters. The van der Waals surface area contributed by atoms with Gasteiger partial charge in [-0.2, -0.15) is 13.2 Å². The van der Waals surface area contributed by atoms with Crippen molar-refractivity contribution < 1.29 is 32.3 Å². The number of carboxylic acids is 1. The summed E-state index contributed by atoms with van der Waals surface area (Å²) in [6.07, 6.45) is -0.857. The van der Waals surface area contributed by atoms with Crippen LogP contribution in [0.2, 0.25) is 0 Å². The predicted molar refractivity (Wildman–Crippen MR) is 154 cm³/mol. The fourth-order valence-electron chi connectivity index (χ4n) is 5.91. The molecule has 1 amide bonds. The first-order valence-corrected chi connectivity index (χ1v) is 14.3. The number of likely N-dealkylation sites (tertiary alicyclic amines) is 1. The number of alkyl halides is 3. The summed E-state index contributed by atoms with van der Waals surface area (Å²) in [5.74, 6) is -1.49. The molecule has 5 nitrogen and oxygen atoms in total. The number of nitrogens with one attached hydrogen (secondary N) is 1. The van der Waals surface area contributed by atoms with Gasteiger partial charge in [0, 0.05) is 30.1 Å². The molecule has 1 aliphatic heterocycles. The van der Waals surface area contributed by atoms with Crippen LogP contribution in [-0.2, 0) is 16.4 Å². The second-order valence-electron chi connectivity index (χ2n) is 11.0. The van der Waals surface area contributed by atoms with Crippen molar-refractivity contribution in [2.24, 2.45) is 0 Å². The lowest BCUT2D eigenvalue weighted by molar-refractivity contribution is -0.139. The summed E-state index contributed by atoms with van der Waals surface area (Å²) in [4.78, 5) is 27.2. The number of carbonyl (C=O) groups is 2. The summed E-state index contributed by atoms with van der Waals surface area (Å²) in [5.41, 5.74) is 1.06. The lowest BCUT2D eigenvalue weighted by atomic mass is 9.72. The Morgan fingerprint density at radius 2 is 1.55 bits per heavy atom. The zero-order valence-electron chi connectivity index (χ0n) is 23.6. The number of aliphatic carboxylic acids is 1. The van der Waals surface area contributed by atoms with Crippen molar-refractivity contribution in [2.45, 2.75) is 63.1 Å². The highest BCUT2D eigenvalue weighted by Gasteiger charge is 2.33. The average Bonchev–Trinajstić information content (AvgIpc) is 2.97. The molecule has 1 saturated heterocycles. The minimum Gasteiger partial charge on any atom is -0.481 e. The van der Waals surface area contributed by atoms with E-state index in [1.54, 1.807) is 36.4 Å². The van der Waals surface area contributed by atoms with Crippen molar-refractivity contribution in [1.29, 1.82) is 0 Å². The molecule has 9 heteroatoms.